The Hall–Kier alpha value is -1.63. The Kier molecular flexibility index (Phi) is 5.38. The third-order valence-electron chi connectivity index (χ3n) is 3.72. The summed E-state index contributed by atoms with van der Waals surface area (Å²) in [7, 11) is 2.04. The number of pyridine rings is 1. The molecule has 0 fully saturated rings. The smallest absolute Gasteiger partial charge is 0.258 e. The molecular formula is C18H18BrN3OS. The normalized spacial score (nSPS) is 11.3. The van der Waals surface area contributed by atoms with Crippen LogP contribution in [0.15, 0.2) is 62.8 Å². The average molecular weight is 404 g/mol. The van der Waals surface area contributed by atoms with Gasteiger partial charge in [0.25, 0.3) is 5.56 Å². The molecule has 0 spiro atoms. The van der Waals surface area contributed by atoms with Crippen molar-refractivity contribution in [1.82, 2.24) is 14.3 Å². The fourth-order valence-electron chi connectivity index (χ4n) is 2.58. The van der Waals surface area contributed by atoms with Gasteiger partial charge in [0.05, 0.1) is 5.69 Å². The number of benzene rings is 1. The highest BCUT2D eigenvalue weighted by Gasteiger charge is 2.07. The van der Waals surface area contributed by atoms with Crippen LogP contribution >= 0.6 is 27.7 Å². The average Bonchev–Trinajstić information content (AvgIpc) is 2.56. The van der Waals surface area contributed by atoms with Gasteiger partial charge in [0.2, 0.25) is 0 Å². The molecule has 0 radical (unpaired) electrons. The molecular weight excluding hydrogens is 386 g/mol. The van der Waals surface area contributed by atoms with Crippen LogP contribution in [0, 0.1) is 0 Å². The van der Waals surface area contributed by atoms with Crippen LogP contribution < -0.4 is 5.56 Å². The van der Waals surface area contributed by atoms with Gasteiger partial charge in [-0.2, -0.15) is 0 Å². The molecule has 0 aliphatic rings. The highest BCUT2D eigenvalue weighted by Crippen LogP contribution is 2.16. The standard InChI is InChI=1S/C18H18BrN3OS/c1-21(10-13-3-6-16(24-2)7-4-13)12-15-9-18(23)22-11-14(19)5-8-17(22)20-15/h3-9,11H,10,12H2,1-2H3. The number of halogens is 1. The van der Waals surface area contributed by atoms with Crippen molar-refractivity contribution in [2.75, 3.05) is 13.3 Å². The van der Waals surface area contributed by atoms with Crippen molar-refractivity contribution in [3.8, 4) is 0 Å². The molecule has 0 saturated heterocycles. The zero-order chi connectivity index (χ0) is 17.1. The summed E-state index contributed by atoms with van der Waals surface area (Å²) in [6.45, 7) is 1.45. The van der Waals surface area contributed by atoms with Gasteiger partial charge in [-0.25, -0.2) is 4.98 Å². The van der Waals surface area contributed by atoms with Crippen LogP contribution in [-0.4, -0.2) is 27.6 Å². The highest BCUT2D eigenvalue weighted by atomic mass is 79.9. The predicted molar refractivity (Wildman–Crippen MR) is 103 cm³/mol. The van der Waals surface area contributed by atoms with Gasteiger partial charge in [-0.05, 0) is 59.1 Å². The Bertz CT molecular complexity index is 908. The highest BCUT2D eigenvalue weighted by molar-refractivity contribution is 9.10. The third kappa shape index (κ3) is 4.06. The van der Waals surface area contributed by atoms with Gasteiger partial charge < -0.3 is 0 Å². The summed E-state index contributed by atoms with van der Waals surface area (Å²) in [5.74, 6) is 0. The lowest BCUT2D eigenvalue weighted by atomic mass is 10.2. The quantitative estimate of drug-likeness (QED) is 0.607. The second kappa shape index (κ2) is 7.51. The van der Waals surface area contributed by atoms with Crippen LogP contribution in [0.25, 0.3) is 5.65 Å². The first-order chi connectivity index (χ1) is 11.5. The zero-order valence-electron chi connectivity index (χ0n) is 13.6. The molecule has 2 heterocycles. The molecule has 3 rings (SSSR count). The molecule has 3 aromatic rings. The van der Waals surface area contributed by atoms with E-state index in [0.717, 1.165) is 16.7 Å². The maximum absolute atomic E-state index is 12.2. The molecule has 1 aromatic carbocycles. The van der Waals surface area contributed by atoms with E-state index >= 15 is 0 Å². The van der Waals surface area contributed by atoms with E-state index in [9.17, 15) is 4.79 Å². The summed E-state index contributed by atoms with van der Waals surface area (Å²) in [5.41, 5.74) is 2.63. The number of hydrogen-bond acceptors (Lipinski definition) is 4. The first-order valence-corrected chi connectivity index (χ1v) is 9.56. The summed E-state index contributed by atoms with van der Waals surface area (Å²) in [6, 6.07) is 13.9. The molecule has 0 N–H and O–H groups in total. The van der Waals surface area contributed by atoms with E-state index in [1.54, 1.807) is 28.4 Å². The summed E-state index contributed by atoms with van der Waals surface area (Å²) < 4.78 is 2.41. The molecule has 0 amide bonds. The fraction of sp³-hybridized carbons (Fsp3) is 0.222. The third-order valence-corrected chi connectivity index (χ3v) is 4.93. The maximum atomic E-state index is 12.2. The number of rotatable bonds is 5. The lowest BCUT2D eigenvalue weighted by Crippen LogP contribution is -2.21. The van der Waals surface area contributed by atoms with Crippen LogP contribution in [0.4, 0.5) is 0 Å². The van der Waals surface area contributed by atoms with E-state index in [0.29, 0.717) is 12.2 Å². The molecule has 4 nitrogen and oxygen atoms in total. The fourth-order valence-corrected chi connectivity index (χ4v) is 3.33. The van der Waals surface area contributed by atoms with Crippen LogP contribution in [0.3, 0.4) is 0 Å². The Morgan fingerprint density at radius 3 is 2.62 bits per heavy atom. The van der Waals surface area contributed by atoms with Crippen molar-refractivity contribution in [1.29, 1.82) is 0 Å². The van der Waals surface area contributed by atoms with Crippen LogP contribution in [0.5, 0.6) is 0 Å². The minimum Gasteiger partial charge on any atom is -0.296 e. The summed E-state index contributed by atoms with van der Waals surface area (Å²) in [6.07, 6.45) is 3.81. The second-order valence-electron chi connectivity index (χ2n) is 5.68. The van der Waals surface area contributed by atoms with Crippen molar-refractivity contribution >= 4 is 33.3 Å². The first-order valence-electron chi connectivity index (χ1n) is 7.54. The molecule has 124 valence electrons. The lowest BCUT2D eigenvalue weighted by molar-refractivity contribution is 0.315. The number of fused-ring (bicyclic) bond motifs is 1. The molecule has 2 aromatic heterocycles. The molecule has 0 saturated carbocycles. The van der Waals surface area contributed by atoms with Gasteiger partial charge in [0.15, 0.2) is 0 Å². The monoisotopic (exact) mass is 403 g/mol. The Morgan fingerprint density at radius 1 is 1.17 bits per heavy atom. The van der Waals surface area contributed by atoms with Crippen LogP contribution in [0.2, 0.25) is 0 Å². The van der Waals surface area contributed by atoms with Crippen LogP contribution in [-0.2, 0) is 13.1 Å². The van der Waals surface area contributed by atoms with Gasteiger partial charge >= 0.3 is 0 Å². The summed E-state index contributed by atoms with van der Waals surface area (Å²) in [5, 5.41) is 0. The number of nitrogens with zero attached hydrogens (tertiary/aromatic N) is 3. The Balaban J connectivity index is 1.76. The lowest BCUT2D eigenvalue weighted by Gasteiger charge is -2.16. The van der Waals surface area contributed by atoms with Gasteiger partial charge in [-0.3, -0.25) is 14.1 Å². The SMILES string of the molecule is CSc1ccc(CN(C)Cc2cc(=O)n3cc(Br)ccc3n2)cc1. The van der Waals surface area contributed by atoms with Gasteiger partial charge in [0.1, 0.15) is 5.65 Å². The van der Waals surface area contributed by atoms with Gasteiger partial charge in [0, 0.05) is 34.7 Å². The minimum atomic E-state index is -0.0611. The van der Waals surface area contributed by atoms with E-state index in [-0.39, 0.29) is 5.56 Å². The number of hydrogen-bond donors (Lipinski definition) is 0. The summed E-state index contributed by atoms with van der Waals surface area (Å²) in [4.78, 5) is 20.2. The predicted octanol–water partition coefficient (Wildman–Crippen LogP) is 3.81. The van der Waals surface area contributed by atoms with Gasteiger partial charge in [-0.1, -0.05) is 12.1 Å². The van der Waals surface area contributed by atoms with E-state index in [1.807, 2.05) is 19.2 Å². The molecule has 24 heavy (non-hydrogen) atoms. The van der Waals surface area contributed by atoms with E-state index in [4.69, 9.17) is 0 Å². The summed E-state index contributed by atoms with van der Waals surface area (Å²) >= 11 is 5.11. The van der Waals surface area contributed by atoms with Gasteiger partial charge in [-0.15, -0.1) is 11.8 Å². The van der Waals surface area contributed by atoms with Crippen molar-refractivity contribution in [3.63, 3.8) is 0 Å². The molecule has 0 atom stereocenters. The molecule has 0 aliphatic heterocycles. The zero-order valence-corrected chi connectivity index (χ0v) is 16.0. The minimum absolute atomic E-state index is 0.0611. The van der Waals surface area contributed by atoms with Crippen molar-refractivity contribution < 1.29 is 0 Å². The Morgan fingerprint density at radius 2 is 1.92 bits per heavy atom. The largest absolute Gasteiger partial charge is 0.296 e. The maximum Gasteiger partial charge on any atom is 0.258 e. The molecule has 6 heteroatoms. The topological polar surface area (TPSA) is 37.6 Å². The molecule has 0 bridgehead atoms. The van der Waals surface area contributed by atoms with Crippen molar-refractivity contribution in [2.24, 2.45) is 0 Å². The number of aromatic nitrogens is 2. The van der Waals surface area contributed by atoms with E-state index in [1.165, 1.54) is 10.5 Å². The number of thioether (sulfide) groups is 1. The molecule has 0 unspecified atom stereocenters. The first kappa shape index (κ1) is 17.2. The van der Waals surface area contributed by atoms with E-state index in [2.05, 4.69) is 56.3 Å². The van der Waals surface area contributed by atoms with E-state index < -0.39 is 0 Å². The molecule has 0 aliphatic carbocycles. The second-order valence-corrected chi connectivity index (χ2v) is 7.48. The van der Waals surface area contributed by atoms with Crippen LogP contribution in [0.1, 0.15) is 11.3 Å². The van der Waals surface area contributed by atoms with Crippen molar-refractivity contribution in [3.05, 3.63) is 74.7 Å². The Labute approximate surface area is 153 Å². The van der Waals surface area contributed by atoms with Crippen molar-refractivity contribution in [2.45, 2.75) is 18.0 Å².